The van der Waals surface area contributed by atoms with E-state index in [4.69, 9.17) is 10.8 Å². The number of nitrogens with two attached hydrogens (primary N) is 1. The molecular weight excluding hydrogens is 157 g/mol. The summed E-state index contributed by atoms with van der Waals surface area (Å²) in [6.07, 6.45) is -0.615. The summed E-state index contributed by atoms with van der Waals surface area (Å²) in [6.45, 7) is 1.61. The van der Waals surface area contributed by atoms with Gasteiger partial charge < -0.3 is 10.8 Å². The third kappa shape index (κ3) is 2.03. The molecule has 0 aliphatic carbocycles. The summed E-state index contributed by atoms with van der Waals surface area (Å²) >= 11 is 0. The highest BCUT2D eigenvalue weighted by Gasteiger charge is 2.10. The first-order valence-electron chi connectivity index (χ1n) is 3.80. The van der Waals surface area contributed by atoms with E-state index in [-0.39, 0.29) is 5.82 Å². The van der Waals surface area contributed by atoms with Crippen molar-refractivity contribution in [3.63, 3.8) is 0 Å². The second-order valence-corrected chi connectivity index (χ2v) is 2.82. The second kappa shape index (κ2) is 3.65. The predicted octanol–water partition coefficient (Wildman–Crippen LogP) is 1.21. The van der Waals surface area contributed by atoms with Gasteiger partial charge in [0.25, 0.3) is 0 Å². The Balaban J connectivity index is 2.82. The van der Waals surface area contributed by atoms with Crippen molar-refractivity contribution in [2.24, 2.45) is 5.73 Å². The van der Waals surface area contributed by atoms with Gasteiger partial charge in [0.2, 0.25) is 0 Å². The molecule has 0 saturated heterocycles. The number of rotatable bonds is 2. The van der Waals surface area contributed by atoms with E-state index < -0.39 is 12.1 Å². The Hall–Kier alpha value is -0.930. The summed E-state index contributed by atoms with van der Waals surface area (Å²) in [5.74, 6) is -0.295. The zero-order valence-corrected chi connectivity index (χ0v) is 6.87. The zero-order valence-electron chi connectivity index (χ0n) is 6.87. The smallest absolute Gasteiger partial charge is 0.123 e. The maximum atomic E-state index is 12.4. The Bertz CT molecular complexity index is 245. The van der Waals surface area contributed by atoms with Crippen molar-refractivity contribution in [1.29, 1.82) is 0 Å². The van der Waals surface area contributed by atoms with Crippen molar-refractivity contribution in [3.8, 4) is 0 Å². The van der Waals surface area contributed by atoms with Crippen LogP contribution in [0.5, 0.6) is 0 Å². The molecule has 1 aromatic rings. The van der Waals surface area contributed by atoms with Crippen LogP contribution in [-0.2, 0) is 0 Å². The molecule has 0 bridgehead atoms. The molecule has 0 fully saturated rings. The summed E-state index contributed by atoms with van der Waals surface area (Å²) in [4.78, 5) is 0. The minimum absolute atomic E-state index is 0.295. The van der Waals surface area contributed by atoms with Crippen LogP contribution in [0.3, 0.4) is 0 Å². The van der Waals surface area contributed by atoms with Crippen LogP contribution in [0.4, 0.5) is 4.39 Å². The Labute approximate surface area is 70.8 Å². The molecule has 1 aromatic carbocycles. The highest BCUT2D eigenvalue weighted by Crippen LogP contribution is 2.13. The lowest BCUT2D eigenvalue weighted by atomic mass is 10.0. The van der Waals surface area contributed by atoms with Crippen LogP contribution in [0.2, 0.25) is 0 Å². The van der Waals surface area contributed by atoms with E-state index in [1.54, 1.807) is 19.1 Å². The fourth-order valence-corrected chi connectivity index (χ4v) is 0.964. The largest absolute Gasteiger partial charge is 0.391 e. The molecule has 3 heteroatoms. The molecule has 1 rings (SSSR count). The maximum absolute atomic E-state index is 12.4. The third-order valence-electron chi connectivity index (χ3n) is 1.77. The van der Waals surface area contributed by atoms with Gasteiger partial charge in [-0.05, 0) is 24.6 Å². The number of aliphatic hydroxyl groups excluding tert-OH is 1. The van der Waals surface area contributed by atoms with E-state index in [2.05, 4.69) is 0 Å². The van der Waals surface area contributed by atoms with Gasteiger partial charge in [-0.3, -0.25) is 0 Å². The molecule has 3 N–H and O–H groups in total. The second-order valence-electron chi connectivity index (χ2n) is 2.82. The minimum atomic E-state index is -0.615. The summed E-state index contributed by atoms with van der Waals surface area (Å²) < 4.78 is 12.4. The van der Waals surface area contributed by atoms with Crippen molar-refractivity contribution < 1.29 is 9.50 Å². The van der Waals surface area contributed by atoms with Crippen molar-refractivity contribution in [2.45, 2.75) is 19.1 Å². The van der Waals surface area contributed by atoms with E-state index in [1.807, 2.05) is 0 Å². The molecule has 0 aliphatic rings. The molecular formula is C9H12FNO. The van der Waals surface area contributed by atoms with Gasteiger partial charge in [0, 0.05) is 0 Å². The number of aliphatic hydroxyl groups is 1. The quantitative estimate of drug-likeness (QED) is 0.699. The van der Waals surface area contributed by atoms with Crippen LogP contribution in [0.1, 0.15) is 18.5 Å². The van der Waals surface area contributed by atoms with Gasteiger partial charge in [-0.1, -0.05) is 12.1 Å². The normalized spacial score (nSPS) is 15.7. The van der Waals surface area contributed by atoms with Crippen LogP contribution in [-0.4, -0.2) is 11.2 Å². The van der Waals surface area contributed by atoms with Gasteiger partial charge in [0.05, 0.1) is 12.1 Å². The summed E-state index contributed by atoms with van der Waals surface area (Å²) in [5.41, 5.74) is 6.36. The molecule has 2 atom stereocenters. The number of halogens is 1. The molecule has 0 saturated carbocycles. The van der Waals surface area contributed by atoms with E-state index in [1.165, 1.54) is 12.1 Å². The van der Waals surface area contributed by atoms with Crippen LogP contribution in [0, 0.1) is 5.82 Å². The molecule has 0 radical (unpaired) electrons. The first-order chi connectivity index (χ1) is 5.61. The molecule has 0 amide bonds. The Kier molecular flexibility index (Phi) is 2.78. The number of benzene rings is 1. The molecule has 0 aliphatic heterocycles. The van der Waals surface area contributed by atoms with E-state index in [0.29, 0.717) is 0 Å². The molecule has 0 heterocycles. The van der Waals surface area contributed by atoms with Crippen LogP contribution in [0.25, 0.3) is 0 Å². The first-order valence-corrected chi connectivity index (χ1v) is 3.80. The number of hydrogen-bond donors (Lipinski definition) is 2. The Morgan fingerprint density at radius 2 is 1.83 bits per heavy atom. The van der Waals surface area contributed by atoms with Gasteiger partial charge in [-0.15, -0.1) is 0 Å². The van der Waals surface area contributed by atoms with E-state index >= 15 is 0 Å². The molecule has 66 valence electrons. The summed E-state index contributed by atoms with van der Waals surface area (Å²) in [6, 6.07) is 5.37. The van der Waals surface area contributed by atoms with Crippen molar-refractivity contribution in [3.05, 3.63) is 35.6 Å². The van der Waals surface area contributed by atoms with Gasteiger partial charge in [0.15, 0.2) is 0 Å². The fraction of sp³-hybridized carbons (Fsp3) is 0.333. The average Bonchev–Trinajstić information content (AvgIpc) is 2.04. The standard InChI is InChI=1S/C9H12FNO/c1-6(12)9(11)7-2-4-8(10)5-3-7/h2-6,9,12H,11H2,1H3. The monoisotopic (exact) mass is 169 g/mol. The lowest BCUT2D eigenvalue weighted by Crippen LogP contribution is -2.22. The summed E-state index contributed by atoms with van der Waals surface area (Å²) in [5, 5.41) is 9.12. The fourth-order valence-electron chi connectivity index (χ4n) is 0.964. The predicted molar refractivity (Wildman–Crippen MR) is 45.0 cm³/mol. The van der Waals surface area contributed by atoms with Gasteiger partial charge >= 0.3 is 0 Å². The molecule has 12 heavy (non-hydrogen) atoms. The van der Waals surface area contributed by atoms with E-state index in [9.17, 15) is 4.39 Å². The summed E-state index contributed by atoms with van der Waals surface area (Å²) in [7, 11) is 0. The zero-order chi connectivity index (χ0) is 9.14. The van der Waals surface area contributed by atoms with Crippen LogP contribution in [0.15, 0.2) is 24.3 Å². The first kappa shape index (κ1) is 9.16. The molecule has 2 unspecified atom stereocenters. The molecule has 0 aromatic heterocycles. The highest BCUT2D eigenvalue weighted by molar-refractivity contribution is 5.20. The highest BCUT2D eigenvalue weighted by atomic mass is 19.1. The lowest BCUT2D eigenvalue weighted by Gasteiger charge is -2.14. The van der Waals surface area contributed by atoms with Crippen molar-refractivity contribution in [1.82, 2.24) is 0 Å². The minimum Gasteiger partial charge on any atom is -0.391 e. The van der Waals surface area contributed by atoms with Crippen molar-refractivity contribution in [2.75, 3.05) is 0 Å². The molecule has 2 nitrogen and oxygen atoms in total. The maximum Gasteiger partial charge on any atom is 0.123 e. The van der Waals surface area contributed by atoms with Gasteiger partial charge in [0.1, 0.15) is 5.82 Å². The third-order valence-corrected chi connectivity index (χ3v) is 1.77. The van der Waals surface area contributed by atoms with Gasteiger partial charge in [-0.25, -0.2) is 4.39 Å². The topological polar surface area (TPSA) is 46.2 Å². The Morgan fingerprint density at radius 3 is 2.25 bits per heavy atom. The Morgan fingerprint density at radius 1 is 1.33 bits per heavy atom. The molecule has 0 spiro atoms. The van der Waals surface area contributed by atoms with Gasteiger partial charge in [-0.2, -0.15) is 0 Å². The SMILES string of the molecule is CC(O)C(N)c1ccc(F)cc1. The average molecular weight is 169 g/mol. The lowest BCUT2D eigenvalue weighted by molar-refractivity contribution is 0.164. The van der Waals surface area contributed by atoms with Crippen LogP contribution < -0.4 is 5.73 Å². The van der Waals surface area contributed by atoms with Crippen molar-refractivity contribution >= 4 is 0 Å². The number of hydrogen-bond acceptors (Lipinski definition) is 2. The van der Waals surface area contributed by atoms with E-state index in [0.717, 1.165) is 5.56 Å². The van der Waals surface area contributed by atoms with Crippen LogP contribution >= 0.6 is 0 Å².